The third-order valence-corrected chi connectivity index (χ3v) is 7.67. The van der Waals surface area contributed by atoms with Gasteiger partial charge in [-0.2, -0.15) is 0 Å². The van der Waals surface area contributed by atoms with Crippen molar-refractivity contribution in [2.24, 2.45) is 0 Å². The lowest BCUT2D eigenvalue weighted by molar-refractivity contribution is 0.569. The van der Waals surface area contributed by atoms with Crippen LogP contribution < -0.4 is 10.0 Å². The van der Waals surface area contributed by atoms with Gasteiger partial charge in [0.25, 0.3) is 0 Å². The zero-order chi connectivity index (χ0) is 24.6. The Hall–Kier alpha value is -3.81. The van der Waals surface area contributed by atoms with Crippen LogP contribution in [0.15, 0.2) is 89.8 Å². The van der Waals surface area contributed by atoms with Crippen molar-refractivity contribution < 1.29 is 8.42 Å². The minimum absolute atomic E-state index is 0.205. The Balaban J connectivity index is 1.62. The number of benzene rings is 4. The molecule has 2 N–H and O–H groups in total. The van der Waals surface area contributed by atoms with Gasteiger partial charge in [-0.1, -0.05) is 72.8 Å². The second kappa shape index (κ2) is 9.09. The second-order valence-corrected chi connectivity index (χ2v) is 10.5. The van der Waals surface area contributed by atoms with Gasteiger partial charge in [0.1, 0.15) is 5.69 Å². The normalized spacial score (nSPS) is 11.9. The Bertz CT molecular complexity index is 1660. The lowest BCUT2D eigenvalue weighted by Gasteiger charge is -2.15. The number of aromatic nitrogens is 2. The number of fused-ring (bicyclic) bond motifs is 2. The molecule has 176 valence electrons. The highest BCUT2D eigenvalue weighted by atomic mass is 32.2. The number of nitrogens with zero attached hydrogens (tertiary/aromatic N) is 2. The van der Waals surface area contributed by atoms with Crippen molar-refractivity contribution >= 4 is 43.1 Å². The fraction of sp³-hybridized carbons (Fsp3) is 0.143. The zero-order valence-electron chi connectivity index (χ0n) is 19.8. The van der Waals surface area contributed by atoms with Crippen LogP contribution in [-0.2, 0) is 10.0 Å². The van der Waals surface area contributed by atoms with E-state index in [4.69, 9.17) is 0 Å². The summed E-state index contributed by atoms with van der Waals surface area (Å²) in [6.07, 6.45) is 0. The van der Waals surface area contributed by atoms with Gasteiger partial charge in [0, 0.05) is 33.5 Å². The van der Waals surface area contributed by atoms with Crippen molar-refractivity contribution in [3.8, 4) is 11.3 Å². The van der Waals surface area contributed by atoms with Gasteiger partial charge in [-0.3, -0.25) is 0 Å². The van der Waals surface area contributed by atoms with Gasteiger partial charge in [-0.25, -0.2) is 13.1 Å². The molecule has 5 rings (SSSR count). The molecule has 0 bridgehead atoms. The van der Waals surface area contributed by atoms with E-state index < -0.39 is 10.0 Å². The van der Waals surface area contributed by atoms with Gasteiger partial charge in [-0.05, 0) is 43.9 Å². The van der Waals surface area contributed by atoms with E-state index in [0.29, 0.717) is 22.6 Å². The van der Waals surface area contributed by atoms with Crippen LogP contribution in [0.4, 0.5) is 11.5 Å². The summed E-state index contributed by atoms with van der Waals surface area (Å²) in [4.78, 5) is 0.243. The molecular formula is C28H26N4O2S. The highest BCUT2D eigenvalue weighted by molar-refractivity contribution is 7.89. The van der Waals surface area contributed by atoms with E-state index in [-0.39, 0.29) is 10.9 Å². The van der Waals surface area contributed by atoms with Crippen LogP contribution in [0.25, 0.3) is 32.8 Å². The minimum atomic E-state index is -3.65. The van der Waals surface area contributed by atoms with Crippen molar-refractivity contribution in [1.82, 2.24) is 14.9 Å². The van der Waals surface area contributed by atoms with Crippen LogP contribution in [0, 0.1) is 6.92 Å². The molecule has 0 spiro atoms. The first-order valence-electron chi connectivity index (χ1n) is 11.5. The molecule has 5 aromatic rings. The summed E-state index contributed by atoms with van der Waals surface area (Å²) in [5.74, 6) is 0.641. The first kappa shape index (κ1) is 23.0. The molecule has 0 radical (unpaired) electrons. The quantitative estimate of drug-likeness (QED) is 0.302. The van der Waals surface area contributed by atoms with Gasteiger partial charge in [0.05, 0.1) is 4.90 Å². The maximum atomic E-state index is 12.9. The Morgan fingerprint density at radius 3 is 2.23 bits per heavy atom. The smallest absolute Gasteiger partial charge is 0.241 e. The van der Waals surface area contributed by atoms with Crippen LogP contribution in [-0.4, -0.2) is 24.7 Å². The predicted octanol–water partition coefficient (Wildman–Crippen LogP) is 6.19. The lowest BCUT2D eigenvalue weighted by Crippen LogP contribution is -2.30. The third-order valence-electron chi connectivity index (χ3n) is 5.87. The van der Waals surface area contributed by atoms with E-state index in [1.54, 1.807) is 26.8 Å². The van der Waals surface area contributed by atoms with Crippen molar-refractivity contribution in [1.29, 1.82) is 0 Å². The Labute approximate surface area is 205 Å². The molecule has 1 heterocycles. The van der Waals surface area contributed by atoms with E-state index in [1.807, 2.05) is 60.7 Å². The van der Waals surface area contributed by atoms with Crippen molar-refractivity contribution in [2.45, 2.75) is 31.7 Å². The monoisotopic (exact) mass is 482 g/mol. The number of anilines is 2. The highest BCUT2D eigenvalue weighted by Crippen LogP contribution is 2.34. The molecule has 35 heavy (non-hydrogen) atoms. The summed E-state index contributed by atoms with van der Waals surface area (Å²) in [5.41, 5.74) is 2.94. The fourth-order valence-corrected chi connectivity index (χ4v) is 5.80. The lowest BCUT2D eigenvalue weighted by atomic mass is 10.0. The summed E-state index contributed by atoms with van der Waals surface area (Å²) in [6, 6.07) is 27.3. The molecule has 6 nitrogen and oxygen atoms in total. The molecule has 0 fully saturated rings. The van der Waals surface area contributed by atoms with Crippen LogP contribution in [0.2, 0.25) is 0 Å². The molecule has 0 aliphatic heterocycles. The summed E-state index contributed by atoms with van der Waals surface area (Å²) in [5, 5.41) is 16.5. The summed E-state index contributed by atoms with van der Waals surface area (Å²) < 4.78 is 28.5. The first-order chi connectivity index (χ1) is 16.8. The maximum Gasteiger partial charge on any atom is 0.241 e. The molecule has 4 aromatic carbocycles. The summed E-state index contributed by atoms with van der Waals surface area (Å²) in [7, 11) is -3.65. The van der Waals surface area contributed by atoms with Crippen LogP contribution in [0.3, 0.4) is 0 Å². The highest BCUT2D eigenvalue weighted by Gasteiger charge is 2.20. The van der Waals surface area contributed by atoms with Crippen LogP contribution >= 0.6 is 0 Å². The third kappa shape index (κ3) is 4.48. The molecule has 1 aromatic heterocycles. The molecule has 0 unspecified atom stereocenters. The molecule has 0 amide bonds. The molecule has 0 atom stereocenters. The van der Waals surface area contributed by atoms with Gasteiger partial charge >= 0.3 is 0 Å². The fourth-order valence-electron chi connectivity index (χ4n) is 4.28. The Morgan fingerprint density at radius 2 is 1.46 bits per heavy atom. The van der Waals surface area contributed by atoms with Gasteiger partial charge in [-0.15, -0.1) is 10.2 Å². The molecule has 0 saturated carbocycles. The summed E-state index contributed by atoms with van der Waals surface area (Å²) >= 11 is 0. The van der Waals surface area contributed by atoms with Crippen molar-refractivity contribution in [2.75, 3.05) is 5.32 Å². The Morgan fingerprint density at radius 1 is 0.771 bits per heavy atom. The van der Waals surface area contributed by atoms with Gasteiger partial charge in [0.15, 0.2) is 5.82 Å². The van der Waals surface area contributed by atoms with Gasteiger partial charge in [0.2, 0.25) is 10.0 Å². The standard InChI is InChI=1S/C28H26N4O2S/c1-18(2)32-35(33,34)26-17-21(16-15-19(26)3)27-23-12-6-7-13-24(23)28(31-30-27)29-25-14-8-10-20-9-4-5-11-22(20)25/h4-18,32H,1-3H3,(H,29,31). The van der Waals surface area contributed by atoms with E-state index in [2.05, 4.69) is 38.4 Å². The van der Waals surface area contributed by atoms with E-state index in [0.717, 1.165) is 27.2 Å². The van der Waals surface area contributed by atoms with Crippen molar-refractivity contribution in [3.63, 3.8) is 0 Å². The molecule has 0 saturated heterocycles. The number of rotatable bonds is 6. The minimum Gasteiger partial charge on any atom is -0.338 e. The number of nitrogens with one attached hydrogen (secondary N) is 2. The number of aryl methyl sites for hydroxylation is 1. The number of hydrogen-bond donors (Lipinski definition) is 2. The number of hydrogen-bond acceptors (Lipinski definition) is 5. The average molecular weight is 483 g/mol. The molecular weight excluding hydrogens is 456 g/mol. The molecule has 0 aliphatic carbocycles. The maximum absolute atomic E-state index is 12.9. The Kier molecular flexibility index (Phi) is 5.96. The second-order valence-electron chi connectivity index (χ2n) is 8.85. The van der Waals surface area contributed by atoms with Crippen LogP contribution in [0.1, 0.15) is 19.4 Å². The van der Waals surface area contributed by atoms with E-state index >= 15 is 0 Å². The van der Waals surface area contributed by atoms with Gasteiger partial charge < -0.3 is 5.32 Å². The van der Waals surface area contributed by atoms with E-state index in [9.17, 15) is 8.42 Å². The first-order valence-corrected chi connectivity index (χ1v) is 13.0. The van der Waals surface area contributed by atoms with Crippen molar-refractivity contribution in [3.05, 3.63) is 90.5 Å². The zero-order valence-corrected chi connectivity index (χ0v) is 20.6. The van der Waals surface area contributed by atoms with Crippen LogP contribution in [0.5, 0.6) is 0 Å². The predicted molar refractivity (Wildman–Crippen MR) is 142 cm³/mol. The SMILES string of the molecule is Cc1ccc(-c2nnc(Nc3cccc4ccccc34)c3ccccc23)cc1S(=O)(=O)NC(C)C. The average Bonchev–Trinajstić information content (AvgIpc) is 2.84. The molecule has 0 aliphatic rings. The summed E-state index contributed by atoms with van der Waals surface area (Å²) in [6.45, 7) is 5.40. The largest absolute Gasteiger partial charge is 0.338 e. The van der Waals surface area contributed by atoms with E-state index in [1.165, 1.54) is 0 Å². The molecule has 7 heteroatoms. The number of sulfonamides is 1. The topological polar surface area (TPSA) is 84.0 Å².